The average Bonchev–Trinajstić information content (AvgIpc) is 2.42. The molecule has 0 bridgehead atoms. The molecule has 3 nitrogen and oxygen atoms in total. The average molecular weight is 277 g/mol. The Hall–Kier alpha value is -2.04. The molecule has 1 aromatic carbocycles. The number of nitrogens with one attached hydrogen (secondary N) is 1. The van der Waals surface area contributed by atoms with E-state index in [1.54, 1.807) is 0 Å². The molecule has 0 fully saturated rings. The minimum atomic E-state index is -0.608. The van der Waals surface area contributed by atoms with Crippen LogP contribution >= 0.6 is 0 Å². The van der Waals surface area contributed by atoms with Crippen molar-refractivity contribution in [2.75, 3.05) is 11.9 Å². The summed E-state index contributed by atoms with van der Waals surface area (Å²) < 4.78 is 27.0. The Morgan fingerprint density at radius 1 is 1.15 bits per heavy atom. The Labute approximate surface area is 117 Å². The lowest BCUT2D eigenvalue weighted by Crippen LogP contribution is -2.07. The van der Waals surface area contributed by atoms with Crippen LogP contribution in [0.25, 0.3) is 11.3 Å². The van der Waals surface area contributed by atoms with Crippen molar-refractivity contribution in [2.45, 2.75) is 26.7 Å². The van der Waals surface area contributed by atoms with E-state index in [1.165, 1.54) is 18.5 Å². The number of nitrogens with zero attached hydrogens (tertiary/aromatic N) is 2. The van der Waals surface area contributed by atoms with Crippen molar-refractivity contribution >= 4 is 5.82 Å². The second-order valence-electron chi connectivity index (χ2n) is 4.45. The standard InChI is InChI=1S/C15H17F2N3/c1-3-5-12-14(19-9-20-15(12)18-4-2)11-7-6-10(16)8-13(11)17/h6-9H,3-5H2,1-2H3,(H,18,19,20). The molecule has 1 N–H and O–H groups in total. The van der Waals surface area contributed by atoms with Crippen LogP contribution in [0.5, 0.6) is 0 Å². The van der Waals surface area contributed by atoms with Gasteiger partial charge in [-0.25, -0.2) is 18.7 Å². The van der Waals surface area contributed by atoms with Gasteiger partial charge in [0.05, 0.1) is 5.69 Å². The molecule has 0 saturated carbocycles. The highest BCUT2D eigenvalue weighted by Gasteiger charge is 2.15. The molecule has 20 heavy (non-hydrogen) atoms. The Morgan fingerprint density at radius 2 is 1.95 bits per heavy atom. The maximum Gasteiger partial charge on any atom is 0.135 e. The number of aromatic nitrogens is 2. The zero-order chi connectivity index (χ0) is 14.5. The van der Waals surface area contributed by atoms with Crippen LogP contribution in [-0.2, 0) is 6.42 Å². The molecule has 0 aliphatic carbocycles. The van der Waals surface area contributed by atoms with Gasteiger partial charge in [0.2, 0.25) is 0 Å². The highest BCUT2D eigenvalue weighted by atomic mass is 19.1. The molecule has 0 aliphatic heterocycles. The van der Waals surface area contributed by atoms with E-state index in [9.17, 15) is 8.78 Å². The maximum absolute atomic E-state index is 14.0. The van der Waals surface area contributed by atoms with E-state index in [0.29, 0.717) is 17.1 Å². The lowest BCUT2D eigenvalue weighted by molar-refractivity contribution is 0.585. The fourth-order valence-corrected chi connectivity index (χ4v) is 2.13. The molecule has 0 amide bonds. The zero-order valence-electron chi connectivity index (χ0n) is 11.6. The smallest absolute Gasteiger partial charge is 0.135 e. The normalized spacial score (nSPS) is 10.6. The maximum atomic E-state index is 14.0. The van der Waals surface area contributed by atoms with Crippen molar-refractivity contribution in [3.63, 3.8) is 0 Å². The molecule has 106 valence electrons. The van der Waals surface area contributed by atoms with Crippen molar-refractivity contribution in [2.24, 2.45) is 0 Å². The van der Waals surface area contributed by atoms with E-state index < -0.39 is 11.6 Å². The van der Waals surface area contributed by atoms with Crippen LogP contribution in [0.1, 0.15) is 25.8 Å². The third-order valence-electron chi connectivity index (χ3n) is 2.98. The molecule has 1 aromatic heterocycles. The van der Waals surface area contributed by atoms with Gasteiger partial charge in [-0.1, -0.05) is 13.3 Å². The van der Waals surface area contributed by atoms with E-state index in [0.717, 1.165) is 31.0 Å². The number of rotatable bonds is 5. The van der Waals surface area contributed by atoms with Crippen molar-refractivity contribution in [1.29, 1.82) is 0 Å². The van der Waals surface area contributed by atoms with E-state index in [2.05, 4.69) is 15.3 Å². The first-order valence-corrected chi connectivity index (χ1v) is 6.70. The Balaban J connectivity index is 2.57. The summed E-state index contributed by atoms with van der Waals surface area (Å²) in [6, 6.07) is 3.53. The second-order valence-corrected chi connectivity index (χ2v) is 4.45. The van der Waals surface area contributed by atoms with Gasteiger partial charge in [-0.2, -0.15) is 0 Å². The molecular weight excluding hydrogens is 260 g/mol. The van der Waals surface area contributed by atoms with Crippen molar-refractivity contribution in [1.82, 2.24) is 9.97 Å². The zero-order valence-corrected chi connectivity index (χ0v) is 11.6. The van der Waals surface area contributed by atoms with Crippen molar-refractivity contribution in [3.8, 4) is 11.3 Å². The van der Waals surface area contributed by atoms with Gasteiger partial charge in [0.1, 0.15) is 23.8 Å². The summed E-state index contributed by atoms with van der Waals surface area (Å²) in [6.45, 7) is 4.72. The molecule has 0 radical (unpaired) electrons. The van der Waals surface area contributed by atoms with Gasteiger partial charge in [-0.15, -0.1) is 0 Å². The van der Waals surface area contributed by atoms with E-state index >= 15 is 0 Å². The summed E-state index contributed by atoms with van der Waals surface area (Å²) in [5.41, 5.74) is 1.69. The number of halogens is 2. The minimum absolute atomic E-state index is 0.302. The first-order valence-electron chi connectivity index (χ1n) is 6.70. The summed E-state index contributed by atoms with van der Waals surface area (Å²) in [5.74, 6) is -0.490. The highest BCUT2D eigenvalue weighted by Crippen LogP contribution is 2.29. The fourth-order valence-electron chi connectivity index (χ4n) is 2.13. The Kier molecular flexibility index (Phi) is 4.61. The van der Waals surface area contributed by atoms with Gasteiger partial charge in [-0.3, -0.25) is 0 Å². The van der Waals surface area contributed by atoms with Crippen LogP contribution in [0, 0.1) is 11.6 Å². The molecule has 1 heterocycles. The Bertz CT molecular complexity index is 600. The molecule has 5 heteroatoms. The van der Waals surface area contributed by atoms with Crippen molar-refractivity contribution < 1.29 is 8.78 Å². The third kappa shape index (κ3) is 2.92. The molecule has 0 aliphatic rings. The first-order chi connectivity index (χ1) is 9.67. The van der Waals surface area contributed by atoms with Gasteiger partial charge in [0.15, 0.2) is 0 Å². The SMILES string of the molecule is CCCc1c(NCC)ncnc1-c1ccc(F)cc1F. The second kappa shape index (κ2) is 6.41. The van der Waals surface area contributed by atoms with Gasteiger partial charge in [-0.05, 0) is 25.5 Å². The highest BCUT2D eigenvalue weighted by molar-refractivity contribution is 5.68. The summed E-state index contributed by atoms with van der Waals surface area (Å²) in [4.78, 5) is 8.39. The molecule has 2 aromatic rings. The van der Waals surface area contributed by atoms with Crippen LogP contribution < -0.4 is 5.32 Å². The number of benzene rings is 1. The van der Waals surface area contributed by atoms with Crippen molar-refractivity contribution in [3.05, 3.63) is 41.7 Å². The van der Waals surface area contributed by atoms with E-state index in [4.69, 9.17) is 0 Å². The van der Waals surface area contributed by atoms with Gasteiger partial charge in [0.25, 0.3) is 0 Å². The topological polar surface area (TPSA) is 37.8 Å². The van der Waals surface area contributed by atoms with E-state index in [-0.39, 0.29) is 0 Å². The lowest BCUT2D eigenvalue weighted by Gasteiger charge is -2.13. The largest absolute Gasteiger partial charge is 0.370 e. The molecule has 2 rings (SSSR count). The fraction of sp³-hybridized carbons (Fsp3) is 0.333. The predicted octanol–water partition coefficient (Wildman–Crippen LogP) is 3.81. The summed E-state index contributed by atoms with van der Waals surface area (Å²) in [5, 5.41) is 3.15. The van der Waals surface area contributed by atoms with Gasteiger partial charge >= 0.3 is 0 Å². The van der Waals surface area contributed by atoms with Gasteiger partial charge in [0, 0.05) is 23.7 Å². The first kappa shape index (κ1) is 14.4. The number of anilines is 1. The predicted molar refractivity (Wildman–Crippen MR) is 75.5 cm³/mol. The minimum Gasteiger partial charge on any atom is -0.370 e. The summed E-state index contributed by atoms with van der Waals surface area (Å²) in [6.07, 6.45) is 3.02. The third-order valence-corrected chi connectivity index (χ3v) is 2.98. The van der Waals surface area contributed by atoms with Crippen LogP contribution in [-0.4, -0.2) is 16.5 Å². The van der Waals surface area contributed by atoms with E-state index in [1.807, 2.05) is 13.8 Å². The summed E-state index contributed by atoms with van der Waals surface area (Å²) in [7, 11) is 0. The Morgan fingerprint density at radius 3 is 2.60 bits per heavy atom. The monoisotopic (exact) mass is 277 g/mol. The van der Waals surface area contributed by atoms with Crippen LogP contribution in [0.3, 0.4) is 0 Å². The molecule has 0 spiro atoms. The van der Waals surface area contributed by atoms with Crippen LogP contribution in [0.15, 0.2) is 24.5 Å². The number of hydrogen-bond donors (Lipinski definition) is 1. The van der Waals surface area contributed by atoms with Crippen LogP contribution in [0.2, 0.25) is 0 Å². The molecule has 0 atom stereocenters. The quantitative estimate of drug-likeness (QED) is 0.903. The molecule has 0 unspecified atom stereocenters. The van der Waals surface area contributed by atoms with Crippen LogP contribution in [0.4, 0.5) is 14.6 Å². The number of hydrogen-bond acceptors (Lipinski definition) is 3. The molecule has 0 saturated heterocycles. The van der Waals surface area contributed by atoms with Gasteiger partial charge < -0.3 is 5.32 Å². The summed E-state index contributed by atoms with van der Waals surface area (Å²) >= 11 is 0. The lowest BCUT2D eigenvalue weighted by atomic mass is 10.0. The molecular formula is C15H17F2N3.